The topological polar surface area (TPSA) is 58.5 Å². The van der Waals surface area contributed by atoms with Crippen molar-refractivity contribution in [2.75, 3.05) is 20.2 Å². The van der Waals surface area contributed by atoms with Crippen molar-refractivity contribution in [3.05, 3.63) is 45.9 Å². The van der Waals surface area contributed by atoms with Crippen LogP contribution in [0, 0.1) is 13.8 Å². The van der Waals surface area contributed by atoms with E-state index in [1.165, 1.54) is 4.88 Å². The fourth-order valence-corrected chi connectivity index (χ4v) is 2.77. The van der Waals surface area contributed by atoms with Crippen molar-refractivity contribution in [3.63, 3.8) is 0 Å². The van der Waals surface area contributed by atoms with Crippen molar-refractivity contribution in [1.29, 1.82) is 0 Å². The molecule has 1 heterocycles. The number of hydrogen-bond acceptors (Lipinski definition) is 4. The molecule has 2 N–H and O–H groups in total. The van der Waals surface area contributed by atoms with Gasteiger partial charge in [-0.15, -0.1) is 11.3 Å². The third-order valence-electron chi connectivity index (χ3n) is 3.26. The van der Waals surface area contributed by atoms with Crippen LogP contribution in [-0.2, 0) is 6.54 Å². The molecular formula is C17H24N4OS. The molecular weight excluding hydrogens is 308 g/mol. The van der Waals surface area contributed by atoms with Crippen LogP contribution in [0.2, 0.25) is 0 Å². The van der Waals surface area contributed by atoms with Crippen LogP contribution in [0.3, 0.4) is 0 Å². The molecule has 0 aliphatic carbocycles. The lowest BCUT2D eigenvalue weighted by Crippen LogP contribution is -2.37. The predicted molar refractivity (Wildman–Crippen MR) is 96.3 cm³/mol. The fraction of sp³-hybridized carbons (Fsp3) is 0.412. The van der Waals surface area contributed by atoms with E-state index in [9.17, 15) is 0 Å². The Balaban J connectivity index is 1.63. The summed E-state index contributed by atoms with van der Waals surface area (Å²) in [5.74, 6) is 1.74. The van der Waals surface area contributed by atoms with Gasteiger partial charge in [-0.3, -0.25) is 4.99 Å². The highest BCUT2D eigenvalue weighted by Gasteiger charge is 2.02. The number of para-hydroxylation sites is 1. The highest BCUT2D eigenvalue weighted by Crippen LogP contribution is 2.16. The summed E-state index contributed by atoms with van der Waals surface area (Å²) in [5.41, 5.74) is 1.16. The molecule has 0 bridgehead atoms. The molecule has 23 heavy (non-hydrogen) atoms. The number of nitrogens with one attached hydrogen (secondary N) is 2. The van der Waals surface area contributed by atoms with Gasteiger partial charge >= 0.3 is 0 Å². The van der Waals surface area contributed by atoms with Crippen LogP contribution in [0.1, 0.15) is 21.9 Å². The summed E-state index contributed by atoms with van der Waals surface area (Å²) < 4.78 is 5.78. The molecule has 2 rings (SSSR count). The largest absolute Gasteiger partial charge is 0.493 e. The van der Waals surface area contributed by atoms with Crippen molar-refractivity contribution in [2.45, 2.75) is 26.8 Å². The highest BCUT2D eigenvalue weighted by atomic mass is 32.1. The number of nitrogens with zero attached hydrogens (tertiary/aromatic N) is 2. The van der Waals surface area contributed by atoms with Gasteiger partial charge in [0.2, 0.25) is 0 Å². The van der Waals surface area contributed by atoms with Crippen molar-refractivity contribution in [3.8, 4) is 5.75 Å². The van der Waals surface area contributed by atoms with E-state index in [1.807, 2.05) is 24.4 Å². The van der Waals surface area contributed by atoms with Gasteiger partial charge in [0, 0.05) is 24.7 Å². The van der Waals surface area contributed by atoms with E-state index in [4.69, 9.17) is 4.74 Å². The number of aliphatic imine (C=N–C) groups is 1. The van der Waals surface area contributed by atoms with Gasteiger partial charge in [-0.25, -0.2) is 4.98 Å². The van der Waals surface area contributed by atoms with Gasteiger partial charge in [-0.2, -0.15) is 0 Å². The molecule has 0 aliphatic rings. The molecule has 0 spiro atoms. The maximum Gasteiger partial charge on any atom is 0.191 e. The number of aryl methyl sites for hydroxylation is 2. The lowest BCUT2D eigenvalue weighted by Gasteiger charge is -2.12. The molecule has 0 radical (unpaired) electrons. The quantitative estimate of drug-likeness (QED) is 0.465. The van der Waals surface area contributed by atoms with Gasteiger partial charge < -0.3 is 15.4 Å². The molecule has 1 aromatic carbocycles. The van der Waals surface area contributed by atoms with E-state index in [0.29, 0.717) is 13.2 Å². The molecule has 2 aromatic rings. The Morgan fingerprint density at radius 2 is 2.09 bits per heavy atom. The Morgan fingerprint density at radius 3 is 2.78 bits per heavy atom. The smallest absolute Gasteiger partial charge is 0.191 e. The summed E-state index contributed by atoms with van der Waals surface area (Å²) in [7, 11) is 1.77. The predicted octanol–water partition coefficient (Wildman–Crippen LogP) is 2.89. The van der Waals surface area contributed by atoms with Crippen LogP contribution in [0.15, 0.2) is 35.5 Å². The van der Waals surface area contributed by atoms with Gasteiger partial charge in [0.15, 0.2) is 5.96 Å². The van der Waals surface area contributed by atoms with Crippen LogP contribution in [-0.4, -0.2) is 31.1 Å². The monoisotopic (exact) mass is 332 g/mol. The first-order valence-electron chi connectivity index (χ1n) is 7.73. The first kappa shape index (κ1) is 17.3. The molecule has 5 nitrogen and oxygen atoms in total. The standard InChI is InChI=1S/C17H24N4OS/c1-13-7-4-5-8-15(13)22-10-6-9-19-17(18-3)21-12-16-20-11-14(2)23-16/h4-5,7-8,11H,6,9-10,12H2,1-3H3,(H2,18,19,21). The Kier molecular flexibility index (Phi) is 6.87. The van der Waals surface area contributed by atoms with Gasteiger partial charge in [0.1, 0.15) is 10.8 Å². The number of rotatable bonds is 7. The first-order chi connectivity index (χ1) is 11.2. The average molecular weight is 332 g/mol. The van der Waals surface area contributed by atoms with Gasteiger partial charge in [-0.05, 0) is 31.9 Å². The molecule has 0 fully saturated rings. The zero-order chi connectivity index (χ0) is 16.5. The Labute approximate surface area is 141 Å². The van der Waals surface area contributed by atoms with Crippen molar-refractivity contribution in [2.24, 2.45) is 4.99 Å². The van der Waals surface area contributed by atoms with E-state index in [1.54, 1.807) is 18.4 Å². The number of aromatic nitrogens is 1. The van der Waals surface area contributed by atoms with E-state index in [2.05, 4.69) is 40.5 Å². The molecule has 0 atom stereocenters. The van der Waals surface area contributed by atoms with Gasteiger partial charge in [-0.1, -0.05) is 18.2 Å². The second-order valence-corrected chi connectivity index (χ2v) is 6.50. The molecule has 1 aromatic heterocycles. The molecule has 0 saturated carbocycles. The number of benzene rings is 1. The van der Waals surface area contributed by atoms with Crippen LogP contribution in [0.25, 0.3) is 0 Å². The lowest BCUT2D eigenvalue weighted by molar-refractivity contribution is 0.309. The zero-order valence-corrected chi connectivity index (χ0v) is 14.7. The SMILES string of the molecule is CN=C(NCCCOc1ccccc1C)NCc1ncc(C)s1. The van der Waals surface area contributed by atoms with Crippen LogP contribution in [0.5, 0.6) is 5.75 Å². The highest BCUT2D eigenvalue weighted by molar-refractivity contribution is 7.11. The van der Waals surface area contributed by atoms with Crippen LogP contribution < -0.4 is 15.4 Å². The third kappa shape index (κ3) is 5.90. The summed E-state index contributed by atoms with van der Waals surface area (Å²) in [6, 6.07) is 8.06. The third-order valence-corrected chi connectivity index (χ3v) is 4.18. The summed E-state index contributed by atoms with van der Waals surface area (Å²) in [4.78, 5) is 9.76. The molecule has 0 aliphatic heterocycles. The van der Waals surface area contributed by atoms with Gasteiger partial charge in [0.25, 0.3) is 0 Å². The molecule has 0 amide bonds. The number of hydrogen-bond donors (Lipinski definition) is 2. The van der Waals surface area contributed by atoms with Gasteiger partial charge in [0.05, 0.1) is 13.2 Å². The summed E-state index contributed by atoms with van der Waals surface area (Å²) in [6.45, 7) is 6.29. The molecule has 0 saturated heterocycles. The average Bonchev–Trinajstić information content (AvgIpc) is 2.97. The number of thiazole rings is 1. The van der Waals surface area contributed by atoms with E-state index in [-0.39, 0.29) is 0 Å². The Morgan fingerprint density at radius 1 is 1.26 bits per heavy atom. The first-order valence-corrected chi connectivity index (χ1v) is 8.55. The molecule has 0 unspecified atom stereocenters. The second kappa shape index (κ2) is 9.15. The maximum absolute atomic E-state index is 5.78. The van der Waals surface area contributed by atoms with Crippen molar-refractivity contribution in [1.82, 2.24) is 15.6 Å². The lowest BCUT2D eigenvalue weighted by atomic mass is 10.2. The van der Waals surface area contributed by atoms with E-state index >= 15 is 0 Å². The van der Waals surface area contributed by atoms with Crippen molar-refractivity contribution < 1.29 is 4.74 Å². The maximum atomic E-state index is 5.78. The Hall–Kier alpha value is -2.08. The minimum Gasteiger partial charge on any atom is -0.493 e. The van der Waals surface area contributed by atoms with E-state index < -0.39 is 0 Å². The second-order valence-electron chi connectivity index (χ2n) is 5.18. The van der Waals surface area contributed by atoms with Crippen LogP contribution >= 0.6 is 11.3 Å². The van der Waals surface area contributed by atoms with E-state index in [0.717, 1.165) is 35.2 Å². The molecule has 124 valence electrons. The minimum absolute atomic E-state index is 0.681. The summed E-state index contributed by atoms with van der Waals surface area (Å²) in [6.07, 6.45) is 2.80. The normalized spacial score (nSPS) is 11.3. The molecule has 6 heteroatoms. The number of ether oxygens (including phenoxy) is 1. The zero-order valence-electron chi connectivity index (χ0n) is 13.9. The summed E-state index contributed by atoms with van der Waals surface area (Å²) >= 11 is 1.69. The van der Waals surface area contributed by atoms with Crippen LogP contribution in [0.4, 0.5) is 0 Å². The fourth-order valence-electron chi connectivity index (χ4n) is 2.04. The van der Waals surface area contributed by atoms with Crippen molar-refractivity contribution >= 4 is 17.3 Å². The minimum atomic E-state index is 0.681. The Bertz CT molecular complexity index is 639. The summed E-state index contributed by atoms with van der Waals surface area (Å²) in [5, 5.41) is 7.61. The number of guanidine groups is 1.